The first-order valence-electron chi connectivity index (χ1n) is 5.96. The minimum Gasteiger partial charge on any atom is -0.401 e. The van der Waals surface area contributed by atoms with E-state index in [0.717, 1.165) is 0 Å². The number of nitrogens with zero attached hydrogens (tertiary/aromatic N) is 1. The summed E-state index contributed by atoms with van der Waals surface area (Å²) in [7, 11) is 0. The second-order valence-corrected chi connectivity index (χ2v) is 3.67. The first kappa shape index (κ1) is 17.1. The van der Waals surface area contributed by atoms with Gasteiger partial charge in [0.05, 0.1) is 52.8 Å². The molecule has 0 aromatic rings. The number of hydrogen-bond acceptors (Lipinski definition) is 7. The van der Waals surface area contributed by atoms with E-state index in [1.807, 2.05) is 0 Å². The van der Waals surface area contributed by atoms with Crippen molar-refractivity contribution in [3.05, 3.63) is 11.9 Å². The number of hydrogen-bond donors (Lipinski definition) is 3. The molecule has 0 bridgehead atoms. The lowest BCUT2D eigenvalue weighted by atomic mass is 10.5. The molecule has 0 amide bonds. The number of hydrazine groups is 1. The molecule has 7 heteroatoms. The molecule has 0 saturated heterocycles. The molecule has 108 valence electrons. The van der Waals surface area contributed by atoms with Gasteiger partial charge < -0.3 is 30.1 Å². The monoisotopic (exact) mass is 263 g/mol. The zero-order valence-corrected chi connectivity index (χ0v) is 11.0. The average molecular weight is 263 g/mol. The van der Waals surface area contributed by atoms with Crippen molar-refractivity contribution in [3.63, 3.8) is 0 Å². The molecule has 0 fully saturated rings. The van der Waals surface area contributed by atoms with E-state index in [9.17, 15) is 0 Å². The Morgan fingerprint density at radius 3 is 2.06 bits per heavy atom. The van der Waals surface area contributed by atoms with Crippen molar-refractivity contribution in [1.82, 2.24) is 5.01 Å². The molecule has 0 aromatic carbocycles. The Labute approximate surface area is 108 Å². The molecule has 7 nitrogen and oxygen atoms in total. The topological polar surface area (TPSA) is 103 Å². The third kappa shape index (κ3) is 13.2. The van der Waals surface area contributed by atoms with E-state index < -0.39 is 0 Å². The Hall–Kier alpha value is -0.860. The van der Waals surface area contributed by atoms with Crippen LogP contribution in [-0.4, -0.2) is 62.9 Å². The van der Waals surface area contributed by atoms with Gasteiger partial charge in [-0.1, -0.05) is 0 Å². The molecule has 5 N–H and O–H groups in total. The van der Waals surface area contributed by atoms with Gasteiger partial charge in [-0.25, -0.2) is 5.84 Å². The quantitative estimate of drug-likeness (QED) is 0.236. The molecule has 0 unspecified atom stereocenters. The van der Waals surface area contributed by atoms with Crippen molar-refractivity contribution in [3.8, 4) is 0 Å². The van der Waals surface area contributed by atoms with Crippen LogP contribution in [0.2, 0.25) is 0 Å². The molecule has 0 aliphatic carbocycles. The summed E-state index contributed by atoms with van der Waals surface area (Å²) in [4.78, 5) is 0. The van der Waals surface area contributed by atoms with E-state index in [1.54, 1.807) is 13.1 Å². The lowest BCUT2D eigenvalue weighted by Gasteiger charge is -2.14. The largest absolute Gasteiger partial charge is 0.401 e. The van der Waals surface area contributed by atoms with E-state index in [2.05, 4.69) is 0 Å². The van der Waals surface area contributed by atoms with Gasteiger partial charge in [-0.2, -0.15) is 0 Å². The molecule has 0 rings (SSSR count). The predicted molar refractivity (Wildman–Crippen MR) is 68.4 cm³/mol. The van der Waals surface area contributed by atoms with Crippen LogP contribution in [0.1, 0.15) is 6.92 Å². The highest BCUT2D eigenvalue weighted by molar-refractivity contribution is 4.89. The molecule has 0 aliphatic heterocycles. The number of allylic oxidation sites excluding steroid dienone is 1. The second-order valence-electron chi connectivity index (χ2n) is 3.67. The highest BCUT2D eigenvalue weighted by Crippen LogP contribution is 1.86. The SMILES string of the molecule is C/C(N)=C/N(N)CCOCCOCCOCCO. The maximum Gasteiger partial charge on any atom is 0.0701 e. The standard InChI is InChI=1S/C11H25N3O4/c1-11(12)10-14(13)2-4-16-6-8-18-9-7-17-5-3-15/h10,15H,2-9,12-13H2,1H3/b11-10-. The zero-order chi connectivity index (χ0) is 13.6. The lowest BCUT2D eigenvalue weighted by molar-refractivity contribution is 0.00590. The van der Waals surface area contributed by atoms with Crippen molar-refractivity contribution in [2.24, 2.45) is 11.6 Å². The van der Waals surface area contributed by atoms with Crippen molar-refractivity contribution < 1.29 is 19.3 Å². The average Bonchev–Trinajstić information content (AvgIpc) is 2.30. The van der Waals surface area contributed by atoms with E-state index in [-0.39, 0.29) is 6.61 Å². The summed E-state index contributed by atoms with van der Waals surface area (Å²) >= 11 is 0. The van der Waals surface area contributed by atoms with E-state index in [0.29, 0.717) is 51.9 Å². The summed E-state index contributed by atoms with van der Waals surface area (Å²) in [6.07, 6.45) is 1.65. The molecule has 0 saturated carbocycles. The van der Waals surface area contributed by atoms with Crippen molar-refractivity contribution >= 4 is 0 Å². The van der Waals surface area contributed by atoms with Gasteiger partial charge >= 0.3 is 0 Å². The van der Waals surface area contributed by atoms with Gasteiger partial charge in [0.15, 0.2) is 0 Å². The zero-order valence-electron chi connectivity index (χ0n) is 11.0. The third-order valence-electron chi connectivity index (χ3n) is 1.84. The minimum absolute atomic E-state index is 0.0371. The fraction of sp³-hybridized carbons (Fsp3) is 0.818. The van der Waals surface area contributed by atoms with Gasteiger partial charge in [0.25, 0.3) is 0 Å². The fourth-order valence-corrected chi connectivity index (χ4v) is 1.10. The Bertz CT molecular complexity index is 210. The van der Waals surface area contributed by atoms with Crippen molar-refractivity contribution in [2.75, 3.05) is 52.8 Å². The lowest BCUT2D eigenvalue weighted by Crippen LogP contribution is -2.30. The maximum absolute atomic E-state index is 8.45. The summed E-state index contributed by atoms with van der Waals surface area (Å²) < 4.78 is 15.6. The van der Waals surface area contributed by atoms with Crippen molar-refractivity contribution in [1.29, 1.82) is 0 Å². The molecule has 0 aromatic heterocycles. The normalized spacial score (nSPS) is 11.8. The smallest absolute Gasteiger partial charge is 0.0701 e. The highest BCUT2D eigenvalue weighted by Gasteiger charge is 1.94. The Kier molecular flexibility index (Phi) is 12.0. The molecular formula is C11H25N3O4. The van der Waals surface area contributed by atoms with Gasteiger partial charge in [0.1, 0.15) is 0 Å². The number of nitrogens with two attached hydrogens (primary N) is 2. The first-order chi connectivity index (χ1) is 8.66. The Morgan fingerprint density at radius 2 is 1.56 bits per heavy atom. The maximum atomic E-state index is 8.45. The predicted octanol–water partition coefficient (Wildman–Crippen LogP) is -0.976. The number of rotatable bonds is 12. The van der Waals surface area contributed by atoms with Gasteiger partial charge in [0.2, 0.25) is 0 Å². The number of aliphatic hydroxyl groups excluding tert-OH is 1. The van der Waals surface area contributed by atoms with Crippen LogP contribution in [0.25, 0.3) is 0 Å². The number of aliphatic hydroxyl groups is 1. The Balaban J connectivity index is 3.14. The van der Waals surface area contributed by atoms with E-state index in [1.165, 1.54) is 5.01 Å². The molecule has 0 radical (unpaired) electrons. The number of ether oxygens (including phenoxy) is 3. The minimum atomic E-state index is 0.0371. The van der Waals surface area contributed by atoms with Crippen LogP contribution in [0.3, 0.4) is 0 Å². The van der Waals surface area contributed by atoms with Crippen LogP contribution in [-0.2, 0) is 14.2 Å². The first-order valence-corrected chi connectivity index (χ1v) is 5.96. The molecule has 18 heavy (non-hydrogen) atoms. The molecule has 0 aliphatic rings. The van der Waals surface area contributed by atoms with Gasteiger partial charge in [-0.05, 0) is 6.92 Å². The molecule has 0 atom stereocenters. The molecule has 0 heterocycles. The highest BCUT2D eigenvalue weighted by atomic mass is 16.5. The van der Waals surface area contributed by atoms with Crippen LogP contribution >= 0.6 is 0 Å². The second kappa shape index (κ2) is 12.6. The Morgan fingerprint density at radius 1 is 1.06 bits per heavy atom. The van der Waals surface area contributed by atoms with E-state index in [4.69, 9.17) is 30.9 Å². The van der Waals surface area contributed by atoms with Crippen LogP contribution in [0.5, 0.6) is 0 Å². The summed E-state index contributed by atoms with van der Waals surface area (Å²) in [5.41, 5.74) is 6.12. The van der Waals surface area contributed by atoms with Crippen LogP contribution in [0.15, 0.2) is 11.9 Å². The summed E-state index contributed by atoms with van der Waals surface area (Å²) in [6.45, 7) is 5.26. The summed E-state index contributed by atoms with van der Waals surface area (Å²) in [5, 5.41) is 9.94. The van der Waals surface area contributed by atoms with E-state index >= 15 is 0 Å². The van der Waals surface area contributed by atoms with Gasteiger partial charge in [0, 0.05) is 11.9 Å². The summed E-state index contributed by atoms with van der Waals surface area (Å²) in [6, 6.07) is 0. The molecular weight excluding hydrogens is 238 g/mol. The van der Waals surface area contributed by atoms with Gasteiger partial charge in [-0.15, -0.1) is 0 Å². The van der Waals surface area contributed by atoms with Crippen molar-refractivity contribution in [2.45, 2.75) is 6.92 Å². The fourth-order valence-electron chi connectivity index (χ4n) is 1.10. The summed E-state index contributed by atoms with van der Waals surface area (Å²) in [5.74, 6) is 5.61. The molecule has 0 spiro atoms. The van der Waals surface area contributed by atoms with Crippen LogP contribution in [0, 0.1) is 0 Å². The van der Waals surface area contributed by atoms with Gasteiger partial charge in [-0.3, -0.25) is 0 Å². The van der Waals surface area contributed by atoms with Crippen LogP contribution < -0.4 is 11.6 Å². The van der Waals surface area contributed by atoms with Crippen LogP contribution in [0.4, 0.5) is 0 Å². The third-order valence-corrected chi connectivity index (χ3v) is 1.84.